The number of nitrogens with zero attached hydrogens (tertiary/aromatic N) is 1. The van der Waals surface area contributed by atoms with E-state index in [1.807, 2.05) is 13.8 Å². The quantitative estimate of drug-likeness (QED) is 0.0848. The van der Waals surface area contributed by atoms with Crippen LogP contribution in [0.15, 0.2) is 84.9 Å². The molecule has 10 heteroatoms. The number of halogens is 4. The number of ether oxygens (including phenoxy) is 1. The largest absolute Gasteiger partial charge is 0.492 e. The van der Waals surface area contributed by atoms with E-state index < -0.39 is 30.0 Å². The minimum atomic E-state index is -4.49. The van der Waals surface area contributed by atoms with E-state index in [0.717, 1.165) is 0 Å². The molecule has 41 heavy (non-hydrogen) atoms. The number of H-pyrrole nitrogens is 1. The second-order valence-corrected chi connectivity index (χ2v) is 10.0. The predicted molar refractivity (Wildman–Crippen MR) is 151 cm³/mol. The number of aromatic nitrogens is 2. The summed E-state index contributed by atoms with van der Waals surface area (Å²) in [5, 5.41) is 9.58. The summed E-state index contributed by atoms with van der Waals surface area (Å²) in [6, 6.07) is 19.8. The maximum absolute atomic E-state index is 14.4. The van der Waals surface area contributed by atoms with Crippen LogP contribution in [0.25, 0.3) is 22.0 Å². The van der Waals surface area contributed by atoms with E-state index in [1.54, 1.807) is 72.8 Å². The van der Waals surface area contributed by atoms with Gasteiger partial charge in [-0.2, -0.15) is 22.7 Å². The molecule has 0 saturated carbocycles. The van der Waals surface area contributed by atoms with E-state index >= 15 is 0 Å². The van der Waals surface area contributed by atoms with Crippen molar-refractivity contribution in [2.75, 3.05) is 13.2 Å². The zero-order valence-electron chi connectivity index (χ0n) is 22.6. The number of fused-ring (bicyclic) bond motifs is 1. The Kier molecular flexibility index (Phi) is 8.92. The lowest BCUT2D eigenvalue weighted by molar-refractivity contribution is -0.123. The second-order valence-electron chi connectivity index (χ2n) is 10.0. The van der Waals surface area contributed by atoms with Crippen LogP contribution in [0.1, 0.15) is 37.0 Å². The molecule has 0 bridgehead atoms. The zero-order chi connectivity index (χ0) is 29.6. The Bertz CT molecular complexity index is 1560. The highest BCUT2D eigenvalue weighted by Gasteiger charge is 2.31. The van der Waals surface area contributed by atoms with E-state index in [4.69, 9.17) is 10.5 Å². The van der Waals surface area contributed by atoms with E-state index in [0.29, 0.717) is 46.7 Å². The number of primary amides is 1. The smallest absolute Gasteiger partial charge is 0.393 e. The van der Waals surface area contributed by atoms with Gasteiger partial charge in [0.1, 0.15) is 12.4 Å². The number of hydrogen-bond acceptors (Lipinski definition) is 4. The summed E-state index contributed by atoms with van der Waals surface area (Å²) in [4.78, 5) is 11.0. The molecule has 4 N–H and O–H groups in total. The van der Waals surface area contributed by atoms with Crippen LogP contribution in [-0.2, 0) is 4.79 Å². The van der Waals surface area contributed by atoms with Crippen molar-refractivity contribution in [1.82, 2.24) is 15.5 Å². The Morgan fingerprint density at radius 1 is 1.00 bits per heavy atom. The Balaban J connectivity index is 1.67. The summed E-state index contributed by atoms with van der Waals surface area (Å²) in [7, 11) is 0. The SMILES string of the molecule is CC(C)(C=CC(N)=O)NCCOc1ccc(/C(=C(/CC(F)(F)F)c2ccccc2)c2ccc3n[nH]c(F)c3c2)cc1. The molecule has 0 aliphatic heterocycles. The number of aromatic amines is 1. The Labute approximate surface area is 234 Å². The monoisotopic (exact) mass is 566 g/mol. The molecule has 0 atom stereocenters. The normalized spacial score (nSPS) is 13.0. The van der Waals surface area contributed by atoms with Crippen LogP contribution in [0.5, 0.6) is 5.75 Å². The van der Waals surface area contributed by atoms with Gasteiger partial charge in [-0.05, 0) is 65.9 Å². The number of carbonyl (C=O) groups is 1. The first-order valence-corrected chi connectivity index (χ1v) is 12.9. The van der Waals surface area contributed by atoms with Crippen LogP contribution in [0.4, 0.5) is 17.6 Å². The van der Waals surface area contributed by atoms with Crippen molar-refractivity contribution < 1.29 is 27.1 Å². The molecule has 4 rings (SSSR count). The Hall–Kier alpha value is -4.44. The molecule has 0 aliphatic rings. The molecule has 0 fully saturated rings. The molecule has 1 amide bonds. The van der Waals surface area contributed by atoms with Gasteiger partial charge in [-0.25, -0.2) is 0 Å². The van der Waals surface area contributed by atoms with Crippen LogP contribution >= 0.6 is 0 Å². The van der Waals surface area contributed by atoms with E-state index in [9.17, 15) is 22.4 Å². The fourth-order valence-corrected chi connectivity index (χ4v) is 4.43. The topological polar surface area (TPSA) is 93.0 Å². The average Bonchev–Trinajstić information content (AvgIpc) is 3.30. The lowest BCUT2D eigenvalue weighted by Crippen LogP contribution is -2.40. The van der Waals surface area contributed by atoms with Gasteiger partial charge >= 0.3 is 6.18 Å². The van der Waals surface area contributed by atoms with Gasteiger partial charge in [0.15, 0.2) is 0 Å². The fraction of sp³-hybridized carbons (Fsp3) is 0.226. The molecular formula is C31H30F4N4O2. The standard InChI is InChI=1S/C31H30F4N4O2/c1-30(2,15-14-27(36)40)37-16-17-41-23-11-8-21(9-12-23)28(22-10-13-26-24(18-22)29(32)39-38-26)25(19-31(33,34)35)20-6-4-3-5-7-20/h3-15,18,37H,16-17,19H2,1-2H3,(H2,36,40)(H,38,39)/b15-14?,28-25+. The third-order valence-electron chi connectivity index (χ3n) is 6.36. The molecule has 3 aromatic carbocycles. The molecular weight excluding hydrogens is 536 g/mol. The van der Waals surface area contributed by atoms with Crippen molar-refractivity contribution in [2.45, 2.75) is 32.0 Å². The molecule has 4 aromatic rings. The third kappa shape index (κ3) is 8.04. The number of alkyl halides is 3. The van der Waals surface area contributed by atoms with Crippen molar-refractivity contribution in [1.29, 1.82) is 0 Å². The number of amides is 1. The fourth-order valence-electron chi connectivity index (χ4n) is 4.43. The van der Waals surface area contributed by atoms with Gasteiger partial charge in [0.25, 0.3) is 0 Å². The highest BCUT2D eigenvalue weighted by molar-refractivity contribution is 6.00. The number of nitrogens with two attached hydrogens (primary N) is 1. The summed E-state index contributed by atoms with van der Waals surface area (Å²) >= 11 is 0. The average molecular weight is 567 g/mol. The molecule has 0 radical (unpaired) electrons. The molecule has 214 valence electrons. The van der Waals surface area contributed by atoms with Crippen molar-refractivity contribution in [3.8, 4) is 5.75 Å². The van der Waals surface area contributed by atoms with Crippen LogP contribution in [-0.4, -0.2) is 41.0 Å². The van der Waals surface area contributed by atoms with Crippen LogP contribution in [0.2, 0.25) is 0 Å². The molecule has 1 heterocycles. The second kappa shape index (κ2) is 12.4. The van der Waals surface area contributed by atoms with Crippen molar-refractivity contribution in [2.24, 2.45) is 5.73 Å². The van der Waals surface area contributed by atoms with Gasteiger partial charge in [-0.3, -0.25) is 9.89 Å². The number of allylic oxidation sites excluding steroid dienone is 1. The third-order valence-corrected chi connectivity index (χ3v) is 6.36. The zero-order valence-corrected chi connectivity index (χ0v) is 22.6. The van der Waals surface area contributed by atoms with Gasteiger partial charge in [-0.15, -0.1) is 0 Å². The Morgan fingerprint density at radius 2 is 1.68 bits per heavy atom. The van der Waals surface area contributed by atoms with E-state index in [-0.39, 0.29) is 11.0 Å². The van der Waals surface area contributed by atoms with Crippen molar-refractivity contribution in [3.63, 3.8) is 0 Å². The minimum absolute atomic E-state index is 0.0606. The van der Waals surface area contributed by atoms with Gasteiger partial charge in [0.05, 0.1) is 17.3 Å². The van der Waals surface area contributed by atoms with Crippen LogP contribution in [0.3, 0.4) is 0 Å². The lowest BCUT2D eigenvalue weighted by atomic mass is 9.87. The molecule has 0 saturated heterocycles. The van der Waals surface area contributed by atoms with Crippen LogP contribution < -0.4 is 15.8 Å². The van der Waals surface area contributed by atoms with Gasteiger partial charge < -0.3 is 15.8 Å². The van der Waals surface area contributed by atoms with Crippen LogP contribution in [0, 0.1) is 5.95 Å². The van der Waals surface area contributed by atoms with Gasteiger partial charge in [-0.1, -0.05) is 54.6 Å². The maximum Gasteiger partial charge on any atom is 0.393 e. The Morgan fingerprint density at radius 3 is 2.34 bits per heavy atom. The van der Waals surface area contributed by atoms with Crippen molar-refractivity contribution in [3.05, 3.63) is 108 Å². The summed E-state index contributed by atoms with van der Waals surface area (Å²) in [5.41, 5.74) is 6.77. The lowest BCUT2D eigenvalue weighted by Gasteiger charge is -2.22. The highest BCUT2D eigenvalue weighted by atomic mass is 19.4. The first-order valence-electron chi connectivity index (χ1n) is 12.9. The summed E-state index contributed by atoms with van der Waals surface area (Å²) in [6.07, 6.45) is -2.71. The summed E-state index contributed by atoms with van der Waals surface area (Å²) in [5.74, 6) is -0.678. The van der Waals surface area contributed by atoms with Crippen molar-refractivity contribution >= 4 is 28.0 Å². The van der Waals surface area contributed by atoms with Gasteiger partial charge in [0.2, 0.25) is 11.9 Å². The predicted octanol–water partition coefficient (Wildman–Crippen LogP) is 6.40. The van der Waals surface area contributed by atoms with E-state index in [1.165, 1.54) is 12.1 Å². The number of hydrogen-bond donors (Lipinski definition) is 3. The molecule has 0 unspecified atom stereocenters. The highest BCUT2D eigenvalue weighted by Crippen LogP contribution is 2.40. The number of rotatable bonds is 11. The number of benzene rings is 3. The van der Waals surface area contributed by atoms with E-state index in [2.05, 4.69) is 15.5 Å². The molecule has 0 aliphatic carbocycles. The van der Waals surface area contributed by atoms with Gasteiger partial charge in [0, 0.05) is 18.2 Å². The maximum atomic E-state index is 14.4. The minimum Gasteiger partial charge on any atom is -0.492 e. The molecule has 6 nitrogen and oxygen atoms in total. The number of nitrogens with one attached hydrogen (secondary N) is 2. The first kappa shape index (κ1) is 29.5. The molecule has 0 spiro atoms. The first-order chi connectivity index (χ1) is 19.4. The summed E-state index contributed by atoms with van der Waals surface area (Å²) in [6.45, 7) is 4.53. The number of carbonyl (C=O) groups excluding carboxylic acids is 1. The summed E-state index contributed by atoms with van der Waals surface area (Å²) < 4.78 is 61.9. The molecule has 1 aromatic heterocycles.